The number of amides is 1. The highest BCUT2D eigenvalue weighted by Crippen LogP contribution is 2.35. The Morgan fingerprint density at radius 1 is 1.04 bits per heavy atom. The molecule has 2 aromatic carbocycles. The van der Waals surface area contributed by atoms with Gasteiger partial charge in [0.15, 0.2) is 0 Å². The minimum atomic E-state index is -0.405. The van der Waals surface area contributed by atoms with Crippen molar-refractivity contribution in [2.45, 2.75) is 33.7 Å². The molecule has 0 spiro atoms. The summed E-state index contributed by atoms with van der Waals surface area (Å²) < 4.78 is 1.65. The Balaban J connectivity index is 1.76. The molecule has 2 N–H and O–H groups in total. The number of benzene rings is 2. The number of nitrogens with zero attached hydrogens (tertiary/aromatic N) is 4. The quantitative estimate of drug-likeness (QED) is 0.733. The molecule has 1 aromatic heterocycles. The lowest BCUT2D eigenvalue weighted by Gasteiger charge is -2.28. The van der Waals surface area contributed by atoms with Crippen molar-refractivity contribution in [3.63, 3.8) is 0 Å². The fourth-order valence-corrected chi connectivity index (χ4v) is 3.51. The third-order valence-corrected chi connectivity index (χ3v) is 4.98. The summed E-state index contributed by atoms with van der Waals surface area (Å²) in [5.41, 5.74) is 6.38. The van der Waals surface area contributed by atoms with E-state index in [4.69, 9.17) is 0 Å². The van der Waals surface area contributed by atoms with E-state index in [1.807, 2.05) is 70.2 Å². The van der Waals surface area contributed by atoms with Crippen molar-refractivity contribution >= 4 is 17.5 Å². The molecule has 28 heavy (non-hydrogen) atoms. The average Bonchev–Trinajstić information content (AvgIpc) is 3.11. The Bertz CT molecular complexity index is 1080. The first-order valence-electron chi connectivity index (χ1n) is 9.15. The van der Waals surface area contributed by atoms with Gasteiger partial charge in [-0.2, -0.15) is 4.68 Å². The predicted octanol–water partition coefficient (Wildman–Crippen LogP) is 3.53. The number of carbonyl (C=O) groups is 1. The van der Waals surface area contributed by atoms with Crippen LogP contribution in [0.3, 0.4) is 0 Å². The van der Waals surface area contributed by atoms with Crippen LogP contribution < -0.4 is 10.6 Å². The molecule has 1 atom stereocenters. The number of tetrazole rings is 1. The molecule has 0 saturated heterocycles. The maximum atomic E-state index is 13.3. The van der Waals surface area contributed by atoms with Crippen molar-refractivity contribution < 1.29 is 4.79 Å². The van der Waals surface area contributed by atoms with Crippen LogP contribution in [0.2, 0.25) is 0 Å². The second-order valence-electron chi connectivity index (χ2n) is 7.20. The summed E-state index contributed by atoms with van der Waals surface area (Å²) in [5, 5.41) is 18.1. The Morgan fingerprint density at radius 3 is 2.46 bits per heavy atom. The van der Waals surface area contributed by atoms with Crippen LogP contribution in [0.4, 0.5) is 11.6 Å². The van der Waals surface area contributed by atoms with Gasteiger partial charge in [0, 0.05) is 11.4 Å². The summed E-state index contributed by atoms with van der Waals surface area (Å²) in [6.45, 7) is 7.92. The first kappa shape index (κ1) is 17.9. The molecule has 142 valence electrons. The number of rotatable bonds is 3. The van der Waals surface area contributed by atoms with Gasteiger partial charge in [0.1, 0.15) is 6.04 Å². The molecule has 0 fully saturated rings. The topological polar surface area (TPSA) is 84.7 Å². The van der Waals surface area contributed by atoms with Gasteiger partial charge in [-0.3, -0.25) is 4.79 Å². The van der Waals surface area contributed by atoms with Crippen molar-refractivity contribution in [2.24, 2.45) is 0 Å². The normalized spacial score (nSPS) is 15.8. The fourth-order valence-electron chi connectivity index (χ4n) is 3.51. The number of hydrogen-bond acceptors (Lipinski definition) is 5. The van der Waals surface area contributed by atoms with Gasteiger partial charge < -0.3 is 10.6 Å². The second-order valence-corrected chi connectivity index (χ2v) is 7.20. The van der Waals surface area contributed by atoms with E-state index < -0.39 is 6.04 Å². The van der Waals surface area contributed by atoms with Crippen molar-refractivity contribution in [2.75, 3.05) is 10.6 Å². The van der Waals surface area contributed by atoms with Crippen molar-refractivity contribution in [3.05, 3.63) is 76.0 Å². The van der Waals surface area contributed by atoms with Crippen LogP contribution in [0.25, 0.3) is 0 Å². The van der Waals surface area contributed by atoms with E-state index in [1.54, 1.807) is 4.68 Å². The fraction of sp³-hybridized carbons (Fsp3) is 0.238. The molecule has 1 aliphatic heterocycles. The maximum Gasteiger partial charge on any atom is 0.255 e. The first-order chi connectivity index (χ1) is 13.4. The van der Waals surface area contributed by atoms with Gasteiger partial charge in [-0.1, -0.05) is 52.6 Å². The number of allylic oxidation sites excluding steroid dienone is 1. The molecule has 1 amide bonds. The Kier molecular flexibility index (Phi) is 4.43. The number of carbonyl (C=O) groups excluding carboxylic acids is 1. The van der Waals surface area contributed by atoms with E-state index in [2.05, 4.69) is 26.2 Å². The lowest BCUT2D eigenvalue weighted by molar-refractivity contribution is -0.113. The van der Waals surface area contributed by atoms with Gasteiger partial charge in [-0.25, -0.2) is 0 Å². The van der Waals surface area contributed by atoms with Crippen LogP contribution in [-0.2, 0) is 4.79 Å². The Hall–Kier alpha value is -3.48. The average molecular weight is 374 g/mol. The van der Waals surface area contributed by atoms with Crippen LogP contribution in [0, 0.1) is 20.8 Å². The zero-order valence-corrected chi connectivity index (χ0v) is 16.3. The molecule has 0 radical (unpaired) electrons. The van der Waals surface area contributed by atoms with Crippen molar-refractivity contribution in [1.82, 2.24) is 20.2 Å². The second kappa shape index (κ2) is 6.92. The number of hydrogen-bond donors (Lipinski definition) is 2. The largest absolute Gasteiger partial charge is 0.326 e. The number of fused-ring (bicyclic) bond motifs is 1. The molecule has 3 aromatic rings. The van der Waals surface area contributed by atoms with E-state index in [0.29, 0.717) is 11.5 Å². The van der Waals surface area contributed by atoms with Gasteiger partial charge in [0.05, 0.1) is 5.57 Å². The molecule has 7 heteroatoms. The lowest BCUT2D eigenvalue weighted by Crippen LogP contribution is -2.31. The summed E-state index contributed by atoms with van der Waals surface area (Å²) in [6.07, 6.45) is 0. The van der Waals surface area contributed by atoms with Crippen LogP contribution in [0.15, 0.2) is 53.7 Å². The van der Waals surface area contributed by atoms with Gasteiger partial charge in [-0.05, 0) is 55.3 Å². The molecule has 0 saturated carbocycles. The number of anilines is 2. The van der Waals surface area contributed by atoms with Crippen molar-refractivity contribution in [3.8, 4) is 0 Å². The van der Waals surface area contributed by atoms with E-state index >= 15 is 0 Å². The van der Waals surface area contributed by atoms with E-state index in [1.165, 1.54) is 0 Å². The predicted molar refractivity (Wildman–Crippen MR) is 108 cm³/mol. The monoisotopic (exact) mass is 374 g/mol. The highest BCUT2D eigenvalue weighted by atomic mass is 16.1. The Labute approximate surface area is 163 Å². The molecular formula is C21H22N6O. The summed E-state index contributed by atoms with van der Waals surface area (Å²) in [6, 6.07) is 13.6. The number of aryl methyl sites for hydroxylation is 3. The number of aromatic nitrogens is 4. The highest BCUT2D eigenvalue weighted by molar-refractivity contribution is 6.06. The molecule has 4 rings (SSSR count). The summed E-state index contributed by atoms with van der Waals surface area (Å²) in [4.78, 5) is 13.3. The van der Waals surface area contributed by atoms with Gasteiger partial charge >= 0.3 is 0 Å². The molecule has 1 aliphatic rings. The lowest BCUT2D eigenvalue weighted by atomic mass is 9.94. The summed E-state index contributed by atoms with van der Waals surface area (Å²) in [5.74, 6) is 0.342. The zero-order chi connectivity index (χ0) is 19.8. The minimum absolute atomic E-state index is 0.177. The Morgan fingerprint density at radius 2 is 1.75 bits per heavy atom. The highest BCUT2D eigenvalue weighted by Gasteiger charge is 2.34. The minimum Gasteiger partial charge on any atom is -0.326 e. The van der Waals surface area contributed by atoms with Crippen LogP contribution >= 0.6 is 0 Å². The molecule has 2 heterocycles. The third kappa shape index (κ3) is 3.15. The molecule has 0 unspecified atom stereocenters. The van der Waals surface area contributed by atoms with E-state index in [0.717, 1.165) is 33.6 Å². The molecule has 0 aliphatic carbocycles. The summed E-state index contributed by atoms with van der Waals surface area (Å²) in [7, 11) is 0. The SMILES string of the molecule is CC1=C(C(=O)Nc2ccc(C)cc2C)[C@@H](c2ccc(C)cc2)n2nnnc2N1. The van der Waals surface area contributed by atoms with Crippen molar-refractivity contribution in [1.29, 1.82) is 0 Å². The molecular weight excluding hydrogens is 352 g/mol. The third-order valence-electron chi connectivity index (χ3n) is 4.98. The zero-order valence-electron chi connectivity index (χ0n) is 16.3. The van der Waals surface area contributed by atoms with Crippen LogP contribution in [0.5, 0.6) is 0 Å². The molecule has 0 bridgehead atoms. The van der Waals surface area contributed by atoms with E-state index in [9.17, 15) is 4.79 Å². The maximum absolute atomic E-state index is 13.3. The van der Waals surface area contributed by atoms with Gasteiger partial charge in [0.25, 0.3) is 5.91 Å². The summed E-state index contributed by atoms with van der Waals surface area (Å²) >= 11 is 0. The molecule has 7 nitrogen and oxygen atoms in total. The number of nitrogens with one attached hydrogen (secondary N) is 2. The van der Waals surface area contributed by atoms with Crippen LogP contribution in [-0.4, -0.2) is 26.1 Å². The smallest absolute Gasteiger partial charge is 0.255 e. The van der Waals surface area contributed by atoms with Crippen LogP contribution in [0.1, 0.15) is 35.2 Å². The first-order valence-corrected chi connectivity index (χ1v) is 9.15. The standard InChI is InChI=1S/C21H22N6O/c1-12-5-8-16(9-6-12)19-18(15(4)22-21-24-25-26-27(19)21)20(28)23-17-10-7-13(2)11-14(17)3/h5-11,19H,1-4H3,(H,23,28)(H,22,24,26)/t19-/m1/s1. The van der Waals surface area contributed by atoms with E-state index in [-0.39, 0.29) is 5.91 Å². The van der Waals surface area contributed by atoms with Gasteiger partial charge in [-0.15, -0.1) is 0 Å². The van der Waals surface area contributed by atoms with Gasteiger partial charge in [0.2, 0.25) is 5.95 Å².